The van der Waals surface area contributed by atoms with Crippen molar-refractivity contribution in [2.45, 2.75) is 25.3 Å². The fourth-order valence-corrected chi connectivity index (χ4v) is 3.90. The summed E-state index contributed by atoms with van der Waals surface area (Å²) in [5.41, 5.74) is 2.49. The molecular formula is C22H20FN5O2. The Balaban J connectivity index is 1.29. The molecule has 1 aliphatic heterocycles. The van der Waals surface area contributed by atoms with Crippen LogP contribution in [-0.2, 0) is 11.3 Å². The predicted molar refractivity (Wildman–Crippen MR) is 108 cm³/mol. The lowest BCUT2D eigenvalue weighted by Gasteiger charge is -2.31. The van der Waals surface area contributed by atoms with E-state index in [1.165, 1.54) is 12.1 Å². The van der Waals surface area contributed by atoms with Gasteiger partial charge in [0, 0.05) is 18.7 Å². The van der Waals surface area contributed by atoms with Gasteiger partial charge in [-0.2, -0.15) is 0 Å². The third kappa shape index (κ3) is 3.56. The lowest BCUT2D eigenvalue weighted by molar-refractivity contribution is -0.133. The summed E-state index contributed by atoms with van der Waals surface area (Å²) < 4.78 is 20.8. The van der Waals surface area contributed by atoms with Crippen molar-refractivity contribution in [1.82, 2.24) is 24.6 Å². The fraction of sp³-hybridized carbons (Fsp3) is 0.273. The minimum Gasteiger partial charge on any atom is -0.420 e. The van der Waals surface area contributed by atoms with E-state index in [9.17, 15) is 9.18 Å². The van der Waals surface area contributed by atoms with E-state index in [2.05, 4.69) is 15.2 Å². The number of benzene rings is 2. The average molecular weight is 405 g/mol. The maximum absolute atomic E-state index is 13.1. The average Bonchev–Trinajstić information content (AvgIpc) is 3.42. The number of imidazole rings is 1. The van der Waals surface area contributed by atoms with Crippen LogP contribution in [0.15, 0.2) is 59.3 Å². The number of aromatic nitrogens is 4. The van der Waals surface area contributed by atoms with E-state index in [0.717, 1.165) is 23.9 Å². The van der Waals surface area contributed by atoms with E-state index in [4.69, 9.17) is 4.42 Å². The molecular weight excluding hydrogens is 385 g/mol. The van der Waals surface area contributed by atoms with Gasteiger partial charge < -0.3 is 13.9 Å². The highest BCUT2D eigenvalue weighted by Crippen LogP contribution is 2.29. The molecule has 1 atom stereocenters. The van der Waals surface area contributed by atoms with Crippen LogP contribution in [0.1, 0.15) is 24.7 Å². The molecule has 0 bridgehead atoms. The number of likely N-dealkylation sites (tertiary alicyclic amines) is 1. The molecule has 2 aromatic heterocycles. The number of hydrogen-bond donors (Lipinski definition) is 0. The molecule has 0 aliphatic carbocycles. The van der Waals surface area contributed by atoms with E-state index in [1.807, 2.05) is 33.7 Å². The first kappa shape index (κ1) is 18.5. The highest BCUT2D eigenvalue weighted by atomic mass is 19.1. The second-order valence-corrected chi connectivity index (χ2v) is 7.49. The van der Waals surface area contributed by atoms with Crippen molar-refractivity contribution >= 4 is 16.9 Å². The van der Waals surface area contributed by atoms with Crippen molar-refractivity contribution in [1.29, 1.82) is 0 Å². The van der Waals surface area contributed by atoms with Crippen molar-refractivity contribution < 1.29 is 13.6 Å². The normalized spacial score (nSPS) is 16.8. The van der Waals surface area contributed by atoms with Crippen LogP contribution in [0, 0.1) is 5.82 Å². The molecule has 1 fully saturated rings. The Kier molecular flexibility index (Phi) is 4.74. The summed E-state index contributed by atoms with van der Waals surface area (Å²) in [7, 11) is 0. The summed E-state index contributed by atoms with van der Waals surface area (Å²) in [5, 5.41) is 8.29. The van der Waals surface area contributed by atoms with Crippen molar-refractivity contribution in [2.75, 3.05) is 13.1 Å². The van der Waals surface area contributed by atoms with Gasteiger partial charge >= 0.3 is 0 Å². The van der Waals surface area contributed by atoms with Gasteiger partial charge in [0.25, 0.3) is 0 Å². The molecule has 0 saturated carbocycles. The molecule has 2 aromatic carbocycles. The van der Waals surface area contributed by atoms with Gasteiger partial charge in [-0.1, -0.05) is 12.1 Å². The smallest absolute Gasteiger partial charge is 0.247 e. The third-order valence-electron chi connectivity index (χ3n) is 5.49. The maximum atomic E-state index is 13.1. The summed E-state index contributed by atoms with van der Waals surface area (Å²) in [6.07, 6.45) is 3.45. The number of halogens is 1. The zero-order valence-electron chi connectivity index (χ0n) is 16.2. The Morgan fingerprint density at radius 1 is 1.13 bits per heavy atom. The monoisotopic (exact) mass is 405 g/mol. The van der Waals surface area contributed by atoms with Crippen LogP contribution in [0.5, 0.6) is 0 Å². The molecule has 1 aliphatic rings. The number of para-hydroxylation sites is 2. The molecule has 1 amide bonds. The van der Waals surface area contributed by atoms with Gasteiger partial charge in [0.2, 0.25) is 17.7 Å². The molecule has 1 unspecified atom stereocenters. The molecule has 7 nitrogen and oxygen atoms in total. The maximum Gasteiger partial charge on any atom is 0.247 e. The molecule has 152 valence electrons. The van der Waals surface area contributed by atoms with E-state index >= 15 is 0 Å². The van der Waals surface area contributed by atoms with E-state index in [1.54, 1.807) is 18.5 Å². The number of nitrogens with zero attached hydrogens (tertiary/aromatic N) is 5. The summed E-state index contributed by atoms with van der Waals surface area (Å²) in [6, 6.07) is 13.7. The lowest BCUT2D eigenvalue weighted by atomic mass is 9.98. The molecule has 4 aromatic rings. The molecule has 30 heavy (non-hydrogen) atoms. The van der Waals surface area contributed by atoms with Crippen LogP contribution in [0.3, 0.4) is 0 Å². The molecule has 0 radical (unpaired) electrons. The summed E-state index contributed by atoms with van der Waals surface area (Å²) >= 11 is 0. The van der Waals surface area contributed by atoms with Crippen LogP contribution in [-0.4, -0.2) is 43.6 Å². The number of amides is 1. The molecule has 5 rings (SSSR count). The second kappa shape index (κ2) is 7.70. The minimum atomic E-state index is -0.314. The van der Waals surface area contributed by atoms with Gasteiger partial charge in [-0.25, -0.2) is 9.37 Å². The number of rotatable bonds is 4. The number of piperidine rings is 1. The fourth-order valence-electron chi connectivity index (χ4n) is 3.90. The van der Waals surface area contributed by atoms with Crippen molar-refractivity contribution in [3.05, 3.63) is 66.6 Å². The number of carbonyl (C=O) groups is 1. The summed E-state index contributed by atoms with van der Waals surface area (Å²) in [4.78, 5) is 19.1. The van der Waals surface area contributed by atoms with Gasteiger partial charge in [0.05, 0.1) is 23.3 Å². The Labute approximate surface area is 172 Å². The van der Waals surface area contributed by atoms with Crippen molar-refractivity contribution in [3.63, 3.8) is 0 Å². The van der Waals surface area contributed by atoms with Crippen molar-refractivity contribution in [3.8, 4) is 11.5 Å². The van der Waals surface area contributed by atoms with Crippen LogP contribution in [0.25, 0.3) is 22.5 Å². The van der Waals surface area contributed by atoms with Crippen LogP contribution in [0.2, 0.25) is 0 Å². The molecule has 1 saturated heterocycles. The summed E-state index contributed by atoms with van der Waals surface area (Å²) in [5.74, 6) is 0.592. The molecule has 0 N–H and O–H groups in total. The Morgan fingerprint density at radius 2 is 1.97 bits per heavy atom. The zero-order chi connectivity index (χ0) is 20.5. The van der Waals surface area contributed by atoms with Gasteiger partial charge in [-0.3, -0.25) is 4.79 Å². The second-order valence-electron chi connectivity index (χ2n) is 7.49. The predicted octanol–water partition coefficient (Wildman–Crippen LogP) is 3.63. The highest BCUT2D eigenvalue weighted by Gasteiger charge is 2.28. The first-order valence-corrected chi connectivity index (χ1v) is 9.94. The topological polar surface area (TPSA) is 77.1 Å². The quantitative estimate of drug-likeness (QED) is 0.518. The van der Waals surface area contributed by atoms with E-state index in [-0.39, 0.29) is 24.2 Å². The summed E-state index contributed by atoms with van der Waals surface area (Å²) in [6.45, 7) is 1.50. The highest BCUT2D eigenvalue weighted by molar-refractivity contribution is 5.80. The Morgan fingerprint density at radius 3 is 2.83 bits per heavy atom. The Hall–Kier alpha value is -3.55. The number of hydrogen-bond acceptors (Lipinski definition) is 5. The molecule has 8 heteroatoms. The van der Waals surface area contributed by atoms with E-state index in [0.29, 0.717) is 30.4 Å². The first-order chi connectivity index (χ1) is 14.7. The Bertz CT molecular complexity index is 1180. The SMILES string of the molecule is O=C(Cn1cnc2ccccc21)N1CCCC(c2nnc(-c3ccc(F)cc3)o2)C1. The first-order valence-electron chi connectivity index (χ1n) is 9.94. The molecule has 0 spiro atoms. The standard InChI is InChI=1S/C22H20FN5O2/c23-17-9-7-15(8-10-17)21-25-26-22(30-21)16-4-3-11-27(12-16)20(29)13-28-14-24-18-5-1-2-6-19(18)28/h1-2,5-10,14,16H,3-4,11-13H2. The van der Waals surface area contributed by atoms with Gasteiger partial charge in [0.1, 0.15) is 12.4 Å². The van der Waals surface area contributed by atoms with Gasteiger partial charge in [-0.15, -0.1) is 10.2 Å². The van der Waals surface area contributed by atoms with Crippen LogP contribution >= 0.6 is 0 Å². The largest absolute Gasteiger partial charge is 0.420 e. The molecule has 3 heterocycles. The van der Waals surface area contributed by atoms with Gasteiger partial charge in [0.15, 0.2) is 0 Å². The minimum absolute atomic E-state index is 0.0103. The van der Waals surface area contributed by atoms with E-state index < -0.39 is 0 Å². The van der Waals surface area contributed by atoms with Crippen LogP contribution < -0.4 is 0 Å². The van der Waals surface area contributed by atoms with Crippen molar-refractivity contribution in [2.24, 2.45) is 0 Å². The lowest BCUT2D eigenvalue weighted by Crippen LogP contribution is -2.40. The third-order valence-corrected chi connectivity index (χ3v) is 5.49. The number of carbonyl (C=O) groups excluding carboxylic acids is 1. The van der Waals surface area contributed by atoms with Gasteiger partial charge in [-0.05, 0) is 49.2 Å². The number of fused-ring (bicyclic) bond motifs is 1. The van der Waals surface area contributed by atoms with Crippen LogP contribution in [0.4, 0.5) is 4.39 Å². The zero-order valence-corrected chi connectivity index (χ0v) is 16.2.